The van der Waals surface area contributed by atoms with Gasteiger partial charge in [0.1, 0.15) is 5.69 Å². The van der Waals surface area contributed by atoms with E-state index in [9.17, 15) is 4.79 Å². The molecule has 1 aliphatic carbocycles. The summed E-state index contributed by atoms with van der Waals surface area (Å²) in [4.78, 5) is 14.6. The van der Waals surface area contributed by atoms with Crippen LogP contribution >= 0.6 is 24.2 Å². The minimum atomic E-state index is 0. The van der Waals surface area contributed by atoms with Crippen molar-refractivity contribution >= 4 is 30.1 Å². The molecule has 2 aliphatic rings. The van der Waals surface area contributed by atoms with Gasteiger partial charge in [-0.3, -0.25) is 9.48 Å². The normalized spacial score (nSPS) is 26.8. The minimum Gasteiger partial charge on any atom is -0.337 e. The summed E-state index contributed by atoms with van der Waals surface area (Å²) < 4.78 is 1.97. The molecule has 1 saturated carbocycles. The third kappa shape index (κ3) is 4.46. The third-order valence-electron chi connectivity index (χ3n) is 5.10. The third-order valence-corrected chi connectivity index (χ3v) is 6.33. The summed E-state index contributed by atoms with van der Waals surface area (Å²) in [6.07, 6.45) is 7.73. The van der Waals surface area contributed by atoms with Crippen molar-refractivity contribution < 1.29 is 4.79 Å². The highest BCUT2D eigenvalue weighted by Crippen LogP contribution is 2.32. The number of thioether (sulfide) groups is 1. The number of carbonyl (C=O) groups excluding carboxylic acids is 1. The molecule has 3 atom stereocenters. The number of hydrogen-bond donors (Lipinski definition) is 1. The lowest BCUT2D eigenvalue weighted by Gasteiger charge is -2.24. The van der Waals surface area contributed by atoms with E-state index >= 15 is 0 Å². The summed E-state index contributed by atoms with van der Waals surface area (Å²) >= 11 is 2.03. The van der Waals surface area contributed by atoms with E-state index in [2.05, 4.69) is 17.3 Å². The Labute approximate surface area is 155 Å². The molecule has 7 heteroatoms. The number of rotatable bonds is 5. The maximum absolute atomic E-state index is 12.7. The summed E-state index contributed by atoms with van der Waals surface area (Å²) in [6, 6.07) is 2.63. The summed E-state index contributed by atoms with van der Waals surface area (Å²) in [5, 5.41) is 8.67. The minimum absolute atomic E-state index is 0. The average molecular weight is 373 g/mol. The quantitative estimate of drug-likeness (QED) is 0.863. The topological polar surface area (TPSA) is 50.2 Å². The fourth-order valence-electron chi connectivity index (χ4n) is 3.72. The van der Waals surface area contributed by atoms with Gasteiger partial charge < -0.3 is 10.2 Å². The molecule has 3 rings (SSSR count). The molecule has 3 unspecified atom stereocenters. The summed E-state index contributed by atoms with van der Waals surface area (Å²) in [7, 11) is 1.94. The van der Waals surface area contributed by atoms with Crippen molar-refractivity contribution in [1.82, 2.24) is 20.0 Å². The molecule has 1 aromatic rings. The number of hydrogen-bond acceptors (Lipinski definition) is 4. The number of nitrogens with one attached hydrogen (secondary N) is 1. The summed E-state index contributed by atoms with van der Waals surface area (Å²) in [6.45, 7) is 4.24. The van der Waals surface area contributed by atoms with Gasteiger partial charge in [-0.15, -0.1) is 12.4 Å². The van der Waals surface area contributed by atoms with Crippen LogP contribution in [0.15, 0.2) is 12.3 Å². The molecule has 1 aliphatic heterocycles. The maximum atomic E-state index is 12.7. The molecule has 0 spiro atoms. The van der Waals surface area contributed by atoms with Gasteiger partial charge in [0.25, 0.3) is 5.91 Å². The predicted octanol–water partition coefficient (Wildman–Crippen LogP) is 2.98. The Morgan fingerprint density at radius 3 is 3.00 bits per heavy atom. The van der Waals surface area contributed by atoms with Gasteiger partial charge in [0.15, 0.2) is 0 Å². The van der Waals surface area contributed by atoms with Gasteiger partial charge in [-0.05, 0) is 50.5 Å². The van der Waals surface area contributed by atoms with E-state index in [0.29, 0.717) is 23.0 Å². The van der Waals surface area contributed by atoms with Crippen LogP contribution in [0.5, 0.6) is 0 Å². The highest BCUT2D eigenvalue weighted by molar-refractivity contribution is 7.99. The molecule has 2 heterocycles. The van der Waals surface area contributed by atoms with Crippen molar-refractivity contribution in [2.75, 3.05) is 25.9 Å². The largest absolute Gasteiger partial charge is 0.337 e. The van der Waals surface area contributed by atoms with Gasteiger partial charge in [0, 0.05) is 31.1 Å². The Bertz CT molecular complexity index is 532. The van der Waals surface area contributed by atoms with Crippen LogP contribution in [-0.2, 0) is 0 Å². The standard InChI is InChI=1S/C17H28N4OS.ClH/c1-3-23-15-7-6-13(11-15)20(2)17(22)16-8-10-21(19-16)14-5-4-9-18-12-14;/h8,10,13-15,18H,3-7,9,11-12H2,1-2H3;1H. The van der Waals surface area contributed by atoms with Crippen LogP contribution < -0.4 is 5.32 Å². The SMILES string of the molecule is CCSC1CCC(N(C)C(=O)c2ccn(C3CCCNC3)n2)C1.Cl. The Kier molecular flexibility index (Phi) is 7.44. The first-order valence-corrected chi connectivity index (χ1v) is 9.88. The molecule has 136 valence electrons. The van der Waals surface area contributed by atoms with Crippen LogP contribution in [0, 0.1) is 0 Å². The van der Waals surface area contributed by atoms with Gasteiger partial charge in [-0.1, -0.05) is 6.92 Å². The zero-order chi connectivity index (χ0) is 16.2. The zero-order valence-electron chi connectivity index (χ0n) is 14.6. The number of halogens is 1. The molecule has 0 bridgehead atoms. The number of piperidine rings is 1. The van der Waals surface area contributed by atoms with Crippen LogP contribution in [0.25, 0.3) is 0 Å². The number of carbonyl (C=O) groups is 1. The van der Waals surface area contributed by atoms with Gasteiger partial charge in [0.2, 0.25) is 0 Å². The van der Waals surface area contributed by atoms with E-state index in [1.807, 2.05) is 40.7 Å². The number of amides is 1. The van der Waals surface area contributed by atoms with Crippen LogP contribution in [0.1, 0.15) is 55.6 Å². The monoisotopic (exact) mass is 372 g/mol. The van der Waals surface area contributed by atoms with Crippen molar-refractivity contribution in [1.29, 1.82) is 0 Å². The second kappa shape index (κ2) is 9.11. The second-order valence-corrected chi connectivity index (χ2v) is 8.22. The molecule has 24 heavy (non-hydrogen) atoms. The second-order valence-electron chi connectivity index (χ2n) is 6.64. The first kappa shape index (κ1) is 19.6. The van der Waals surface area contributed by atoms with Crippen molar-refractivity contribution in [3.05, 3.63) is 18.0 Å². The van der Waals surface area contributed by atoms with Gasteiger partial charge in [-0.2, -0.15) is 16.9 Å². The summed E-state index contributed by atoms with van der Waals surface area (Å²) in [5.41, 5.74) is 0.588. The van der Waals surface area contributed by atoms with Crippen molar-refractivity contribution in [3.8, 4) is 0 Å². The van der Waals surface area contributed by atoms with E-state index in [4.69, 9.17) is 0 Å². The first-order valence-electron chi connectivity index (χ1n) is 8.83. The maximum Gasteiger partial charge on any atom is 0.274 e. The predicted molar refractivity (Wildman–Crippen MR) is 102 cm³/mol. The molecule has 1 saturated heterocycles. The number of aromatic nitrogens is 2. The number of nitrogens with zero attached hydrogens (tertiary/aromatic N) is 3. The van der Waals surface area contributed by atoms with Crippen molar-refractivity contribution in [2.24, 2.45) is 0 Å². The molecular weight excluding hydrogens is 344 g/mol. The van der Waals surface area contributed by atoms with E-state index in [0.717, 1.165) is 38.1 Å². The highest BCUT2D eigenvalue weighted by atomic mass is 35.5. The van der Waals surface area contributed by atoms with E-state index in [-0.39, 0.29) is 18.3 Å². The Morgan fingerprint density at radius 2 is 2.29 bits per heavy atom. The fraction of sp³-hybridized carbons (Fsp3) is 0.765. The lowest BCUT2D eigenvalue weighted by molar-refractivity contribution is 0.0728. The first-order chi connectivity index (χ1) is 11.2. The molecule has 1 N–H and O–H groups in total. The van der Waals surface area contributed by atoms with Crippen molar-refractivity contribution in [3.63, 3.8) is 0 Å². The Morgan fingerprint density at radius 1 is 1.46 bits per heavy atom. The van der Waals surface area contributed by atoms with E-state index < -0.39 is 0 Å². The highest BCUT2D eigenvalue weighted by Gasteiger charge is 2.31. The fourth-order valence-corrected chi connectivity index (χ4v) is 4.85. The lowest BCUT2D eigenvalue weighted by atomic mass is 10.1. The van der Waals surface area contributed by atoms with E-state index in [1.165, 1.54) is 12.8 Å². The molecule has 1 amide bonds. The molecular formula is C17H29ClN4OS. The van der Waals surface area contributed by atoms with Crippen LogP contribution in [0.2, 0.25) is 0 Å². The van der Waals surface area contributed by atoms with Gasteiger partial charge >= 0.3 is 0 Å². The Balaban J connectivity index is 0.00000208. The van der Waals surface area contributed by atoms with Gasteiger partial charge in [-0.25, -0.2) is 0 Å². The average Bonchev–Trinajstić information content (AvgIpc) is 3.24. The molecule has 0 radical (unpaired) electrons. The van der Waals surface area contributed by atoms with E-state index in [1.54, 1.807) is 0 Å². The summed E-state index contributed by atoms with van der Waals surface area (Å²) in [5.74, 6) is 1.23. The molecule has 5 nitrogen and oxygen atoms in total. The molecule has 2 fully saturated rings. The van der Waals surface area contributed by atoms with Gasteiger partial charge in [0.05, 0.1) is 6.04 Å². The Hall–Kier alpha value is -0.720. The lowest BCUT2D eigenvalue weighted by Crippen LogP contribution is -2.36. The molecule has 1 aromatic heterocycles. The smallest absolute Gasteiger partial charge is 0.274 e. The molecule has 0 aromatic carbocycles. The van der Waals surface area contributed by atoms with Crippen LogP contribution in [0.4, 0.5) is 0 Å². The zero-order valence-corrected chi connectivity index (χ0v) is 16.2. The van der Waals surface area contributed by atoms with Crippen molar-refractivity contribution in [2.45, 2.75) is 56.4 Å². The van der Waals surface area contributed by atoms with Crippen LogP contribution in [0.3, 0.4) is 0 Å². The van der Waals surface area contributed by atoms with Crippen LogP contribution in [-0.4, -0.2) is 57.8 Å².